The van der Waals surface area contributed by atoms with Crippen LogP contribution in [-0.4, -0.2) is 19.1 Å². The Morgan fingerprint density at radius 2 is 1.00 bits per heavy atom. The molecule has 0 atom stereocenters. The minimum absolute atomic E-state index is 0.175. The van der Waals surface area contributed by atoms with Gasteiger partial charge in [0.15, 0.2) is 6.54 Å². The molecule has 0 unspecified atom stereocenters. The second kappa shape index (κ2) is 19.5. The van der Waals surface area contributed by atoms with Crippen molar-refractivity contribution in [1.82, 2.24) is 0 Å². The normalized spacial score (nSPS) is 10.9. The quantitative estimate of drug-likeness (QED) is 0.283. The van der Waals surface area contributed by atoms with Crippen molar-refractivity contribution < 1.29 is 15.3 Å². The molecular formula is C20H42NO2+. The SMILES string of the molecule is CCCCCCCCCCCCCCCCCCOC(=O)C[NH3+]. The van der Waals surface area contributed by atoms with Gasteiger partial charge in [0.1, 0.15) is 0 Å². The molecule has 0 aromatic carbocycles. The predicted molar refractivity (Wildman–Crippen MR) is 98.3 cm³/mol. The third-order valence-corrected chi connectivity index (χ3v) is 4.47. The molecule has 0 rings (SSSR count). The number of carbonyl (C=O) groups is 1. The van der Waals surface area contributed by atoms with Crippen LogP contribution >= 0.6 is 0 Å². The highest BCUT2D eigenvalue weighted by Gasteiger charge is 1.99. The van der Waals surface area contributed by atoms with Crippen molar-refractivity contribution in [2.45, 2.75) is 110 Å². The van der Waals surface area contributed by atoms with E-state index >= 15 is 0 Å². The Labute approximate surface area is 144 Å². The van der Waals surface area contributed by atoms with Crippen LogP contribution in [0.25, 0.3) is 0 Å². The number of quaternary nitrogens is 1. The number of hydrogen-bond donors (Lipinski definition) is 1. The summed E-state index contributed by atoms with van der Waals surface area (Å²) in [5.74, 6) is -0.175. The molecule has 23 heavy (non-hydrogen) atoms. The number of carbonyl (C=O) groups excluding carboxylic acids is 1. The Morgan fingerprint density at radius 3 is 1.35 bits per heavy atom. The van der Waals surface area contributed by atoms with Crippen LogP contribution in [0.2, 0.25) is 0 Å². The fourth-order valence-electron chi connectivity index (χ4n) is 2.91. The van der Waals surface area contributed by atoms with Crippen molar-refractivity contribution in [2.75, 3.05) is 13.2 Å². The van der Waals surface area contributed by atoms with Crippen molar-refractivity contribution in [1.29, 1.82) is 0 Å². The first kappa shape index (κ1) is 22.4. The maximum Gasteiger partial charge on any atom is 0.361 e. The molecule has 0 bridgehead atoms. The van der Waals surface area contributed by atoms with E-state index < -0.39 is 0 Å². The molecule has 0 aliphatic carbocycles. The standard InChI is InChI=1S/C20H41NO2/c1-2-3-4-5-6-7-8-9-10-11-12-13-14-15-16-17-18-23-20(22)19-21/h2-19,21H2,1H3/p+1. The van der Waals surface area contributed by atoms with E-state index in [2.05, 4.69) is 12.7 Å². The number of esters is 1. The smallest absolute Gasteiger partial charge is 0.361 e. The van der Waals surface area contributed by atoms with E-state index in [0.29, 0.717) is 6.61 Å². The molecule has 0 radical (unpaired) electrons. The molecule has 0 saturated heterocycles. The van der Waals surface area contributed by atoms with Gasteiger partial charge in [0.25, 0.3) is 0 Å². The molecule has 0 heterocycles. The molecule has 3 heteroatoms. The van der Waals surface area contributed by atoms with Crippen molar-refractivity contribution in [3.05, 3.63) is 0 Å². The zero-order chi connectivity index (χ0) is 17.0. The fourth-order valence-corrected chi connectivity index (χ4v) is 2.91. The zero-order valence-electron chi connectivity index (χ0n) is 15.8. The summed E-state index contributed by atoms with van der Waals surface area (Å²) in [7, 11) is 0. The van der Waals surface area contributed by atoms with E-state index in [1.807, 2.05) is 0 Å². The topological polar surface area (TPSA) is 53.9 Å². The molecule has 0 fully saturated rings. The Kier molecular flexibility index (Phi) is 19.0. The lowest BCUT2D eigenvalue weighted by Crippen LogP contribution is -2.54. The number of hydrogen-bond acceptors (Lipinski definition) is 2. The van der Waals surface area contributed by atoms with E-state index in [1.54, 1.807) is 0 Å². The second-order valence-corrected chi connectivity index (χ2v) is 6.77. The van der Waals surface area contributed by atoms with Gasteiger partial charge in [-0.1, -0.05) is 103 Å². The summed E-state index contributed by atoms with van der Waals surface area (Å²) in [6, 6.07) is 0. The molecule has 0 aliphatic heterocycles. The van der Waals surface area contributed by atoms with Crippen LogP contribution in [0.1, 0.15) is 110 Å². The average Bonchev–Trinajstić information content (AvgIpc) is 2.57. The number of ether oxygens (including phenoxy) is 1. The van der Waals surface area contributed by atoms with Gasteiger partial charge in [-0.15, -0.1) is 0 Å². The van der Waals surface area contributed by atoms with Crippen LogP contribution in [0.5, 0.6) is 0 Å². The molecule has 0 aliphatic rings. The van der Waals surface area contributed by atoms with Gasteiger partial charge in [-0.25, -0.2) is 4.79 Å². The lowest BCUT2D eigenvalue weighted by atomic mass is 10.0. The summed E-state index contributed by atoms with van der Waals surface area (Å²) in [5, 5.41) is 0. The first-order valence-electron chi connectivity index (χ1n) is 10.3. The highest BCUT2D eigenvalue weighted by molar-refractivity contribution is 5.69. The van der Waals surface area contributed by atoms with Crippen molar-refractivity contribution in [2.24, 2.45) is 0 Å². The van der Waals surface area contributed by atoms with E-state index in [9.17, 15) is 4.79 Å². The van der Waals surface area contributed by atoms with E-state index in [-0.39, 0.29) is 12.5 Å². The first-order valence-corrected chi connectivity index (χ1v) is 10.3. The van der Waals surface area contributed by atoms with Gasteiger partial charge in [-0.3, -0.25) is 0 Å². The minimum atomic E-state index is -0.175. The highest BCUT2D eigenvalue weighted by atomic mass is 16.5. The number of unbranched alkanes of at least 4 members (excludes halogenated alkanes) is 15. The van der Waals surface area contributed by atoms with Gasteiger partial charge in [0, 0.05) is 0 Å². The van der Waals surface area contributed by atoms with Crippen molar-refractivity contribution in [3.63, 3.8) is 0 Å². The molecule has 0 spiro atoms. The summed E-state index contributed by atoms with van der Waals surface area (Å²) in [5.41, 5.74) is 3.51. The summed E-state index contributed by atoms with van der Waals surface area (Å²) < 4.78 is 5.01. The molecule has 0 aromatic rings. The summed E-state index contributed by atoms with van der Waals surface area (Å²) in [4.78, 5) is 10.9. The van der Waals surface area contributed by atoms with E-state index in [1.165, 1.54) is 96.3 Å². The lowest BCUT2D eigenvalue weighted by molar-refractivity contribution is -0.359. The van der Waals surface area contributed by atoms with E-state index in [0.717, 1.165) is 6.42 Å². The Balaban J connectivity index is 2.99. The minimum Gasteiger partial charge on any atom is -0.462 e. The molecule has 3 nitrogen and oxygen atoms in total. The first-order chi connectivity index (χ1) is 11.3. The maximum atomic E-state index is 10.9. The van der Waals surface area contributed by atoms with Crippen LogP contribution < -0.4 is 5.73 Å². The predicted octanol–water partition coefficient (Wildman–Crippen LogP) is 5.03. The van der Waals surface area contributed by atoms with Gasteiger partial charge in [-0.05, 0) is 6.42 Å². The van der Waals surface area contributed by atoms with Crippen molar-refractivity contribution >= 4 is 5.97 Å². The average molecular weight is 329 g/mol. The molecular weight excluding hydrogens is 286 g/mol. The van der Waals surface area contributed by atoms with Gasteiger partial charge >= 0.3 is 5.97 Å². The largest absolute Gasteiger partial charge is 0.462 e. The molecule has 3 N–H and O–H groups in total. The van der Waals surface area contributed by atoms with Gasteiger partial charge < -0.3 is 10.5 Å². The van der Waals surface area contributed by atoms with Crippen LogP contribution in [0.3, 0.4) is 0 Å². The van der Waals surface area contributed by atoms with Crippen LogP contribution in [0, 0.1) is 0 Å². The molecule has 138 valence electrons. The summed E-state index contributed by atoms with van der Waals surface area (Å²) in [6.07, 6.45) is 21.8. The Morgan fingerprint density at radius 1 is 0.652 bits per heavy atom. The zero-order valence-corrected chi connectivity index (χ0v) is 15.8. The molecule has 0 amide bonds. The summed E-state index contributed by atoms with van der Waals surface area (Å²) in [6.45, 7) is 3.10. The van der Waals surface area contributed by atoms with Crippen LogP contribution in [0.4, 0.5) is 0 Å². The lowest BCUT2D eigenvalue weighted by Gasteiger charge is -2.04. The van der Waals surface area contributed by atoms with Gasteiger partial charge in [0.2, 0.25) is 0 Å². The third-order valence-electron chi connectivity index (χ3n) is 4.47. The van der Waals surface area contributed by atoms with Gasteiger partial charge in [-0.2, -0.15) is 0 Å². The molecule has 0 saturated carbocycles. The monoisotopic (exact) mass is 328 g/mol. The van der Waals surface area contributed by atoms with Crippen LogP contribution in [0.15, 0.2) is 0 Å². The van der Waals surface area contributed by atoms with Crippen LogP contribution in [-0.2, 0) is 9.53 Å². The van der Waals surface area contributed by atoms with Gasteiger partial charge in [0.05, 0.1) is 6.61 Å². The van der Waals surface area contributed by atoms with Crippen molar-refractivity contribution in [3.8, 4) is 0 Å². The Bertz CT molecular complexity index is 244. The second-order valence-electron chi connectivity index (χ2n) is 6.77. The number of rotatable bonds is 18. The van der Waals surface area contributed by atoms with E-state index in [4.69, 9.17) is 4.74 Å². The maximum absolute atomic E-state index is 10.9. The fraction of sp³-hybridized carbons (Fsp3) is 0.950. The highest BCUT2D eigenvalue weighted by Crippen LogP contribution is 2.13. The third kappa shape index (κ3) is 19.4. The Hall–Kier alpha value is -0.570. The summed E-state index contributed by atoms with van der Waals surface area (Å²) >= 11 is 0. The molecule has 0 aromatic heterocycles.